The molecular formula is C22H35N5O. The molecule has 3 N–H and O–H groups in total. The van der Waals surface area contributed by atoms with E-state index in [2.05, 4.69) is 71.8 Å². The number of para-hydroxylation sites is 1. The number of ether oxygens (including phenoxy) is 1. The maximum Gasteiger partial charge on any atom is 0.191 e. The smallest absolute Gasteiger partial charge is 0.191 e. The second-order valence-corrected chi connectivity index (χ2v) is 7.67. The summed E-state index contributed by atoms with van der Waals surface area (Å²) in [4.78, 5) is 10.6. The van der Waals surface area contributed by atoms with Crippen molar-refractivity contribution in [3.63, 3.8) is 0 Å². The van der Waals surface area contributed by atoms with Crippen molar-refractivity contribution < 1.29 is 4.74 Å². The molecule has 1 fully saturated rings. The Morgan fingerprint density at radius 3 is 2.79 bits per heavy atom. The van der Waals surface area contributed by atoms with Crippen LogP contribution in [0, 0.1) is 0 Å². The second kappa shape index (κ2) is 10.5. The number of aromatic nitrogens is 1. The van der Waals surface area contributed by atoms with E-state index in [0.717, 1.165) is 58.1 Å². The summed E-state index contributed by atoms with van der Waals surface area (Å²) in [6, 6.07) is 8.45. The molecule has 0 spiro atoms. The van der Waals surface area contributed by atoms with Gasteiger partial charge in [0, 0.05) is 56.4 Å². The zero-order valence-corrected chi connectivity index (χ0v) is 17.5. The highest BCUT2D eigenvalue weighted by Gasteiger charge is 2.21. The molecule has 2 atom stereocenters. The molecule has 1 aromatic carbocycles. The Morgan fingerprint density at radius 1 is 1.21 bits per heavy atom. The van der Waals surface area contributed by atoms with Crippen molar-refractivity contribution in [2.75, 3.05) is 39.3 Å². The first-order chi connectivity index (χ1) is 13.7. The second-order valence-electron chi connectivity index (χ2n) is 7.67. The van der Waals surface area contributed by atoms with Crippen LogP contribution in [0.1, 0.15) is 32.8 Å². The zero-order valence-electron chi connectivity index (χ0n) is 17.5. The van der Waals surface area contributed by atoms with E-state index in [9.17, 15) is 0 Å². The van der Waals surface area contributed by atoms with Gasteiger partial charge in [-0.05, 0) is 45.2 Å². The monoisotopic (exact) mass is 385 g/mol. The van der Waals surface area contributed by atoms with Gasteiger partial charge < -0.3 is 20.4 Å². The van der Waals surface area contributed by atoms with Gasteiger partial charge in [0.05, 0.1) is 12.2 Å². The first-order valence-electron chi connectivity index (χ1n) is 10.6. The van der Waals surface area contributed by atoms with Gasteiger partial charge in [-0.2, -0.15) is 0 Å². The Morgan fingerprint density at radius 2 is 2.00 bits per heavy atom. The Labute approximate surface area is 168 Å². The molecule has 0 bridgehead atoms. The number of aromatic amines is 1. The fourth-order valence-corrected chi connectivity index (χ4v) is 3.95. The largest absolute Gasteiger partial charge is 0.373 e. The third kappa shape index (κ3) is 5.97. The summed E-state index contributed by atoms with van der Waals surface area (Å²) in [5.41, 5.74) is 2.54. The quantitative estimate of drug-likeness (QED) is 0.371. The number of H-pyrrole nitrogens is 1. The van der Waals surface area contributed by atoms with E-state index in [0.29, 0.717) is 12.2 Å². The maximum absolute atomic E-state index is 5.80. The van der Waals surface area contributed by atoms with Crippen LogP contribution >= 0.6 is 0 Å². The van der Waals surface area contributed by atoms with Crippen molar-refractivity contribution in [1.29, 1.82) is 0 Å². The number of aliphatic imine (C=N–C) groups is 1. The summed E-state index contributed by atoms with van der Waals surface area (Å²) in [5, 5.41) is 8.12. The standard InChI is InChI=1S/C22H35N5O/c1-4-23-22(24-11-7-13-27-15-17(2)28-18(3)16-27)25-12-10-19-14-26-21-9-6-5-8-20(19)21/h5-6,8-9,14,17-18,26H,4,7,10-13,15-16H2,1-3H3,(H2,23,24,25). The Bertz CT molecular complexity index is 746. The highest BCUT2D eigenvalue weighted by atomic mass is 16.5. The van der Waals surface area contributed by atoms with E-state index >= 15 is 0 Å². The van der Waals surface area contributed by atoms with Gasteiger partial charge in [-0.15, -0.1) is 0 Å². The molecule has 28 heavy (non-hydrogen) atoms. The van der Waals surface area contributed by atoms with Crippen molar-refractivity contribution in [3.05, 3.63) is 36.0 Å². The number of hydrogen-bond acceptors (Lipinski definition) is 3. The van der Waals surface area contributed by atoms with E-state index in [1.807, 2.05) is 0 Å². The number of morpholine rings is 1. The molecule has 0 radical (unpaired) electrons. The normalized spacial score (nSPS) is 21.2. The van der Waals surface area contributed by atoms with Gasteiger partial charge in [-0.25, -0.2) is 0 Å². The molecule has 6 heteroatoms. The number of nitrogens with one attached hydrogen (secondary N) is 3. The first kappa shape index (κ1) is 20.7. The predicted octanol–water partition coefficient (Wildman–Crippen LogP) is 2.76. The number of hydrogen-bond donors (Lipinski definition) is 3. The van der Waals surface area contributed by atoms with Crippen molar-refractivity contribution in [2.45, 2.75) is 45.8 Å². The summed E-state index contributed by atoms with van der Waals surface area (Å²) < 4.78 is 5.80. The molecular weight excluding hydrogens is 350 g/mol. The van der Waals surface area contributed by atoms with Gasteiger partial charge in [0.25, 0.3) is 0 Å². The van der Waals surface area contributed by atoms with Crippen LogP contribution in [0.3, 0.4) is 0 Å². The summed E-state index contributed by atoms with van der Waals surface area (Å²) in [5.74, 6) is 0.908. The van der Waals surface area contributed by atoms with Crippen LogP contribution in [-0.4, -0.2) is 67.3 Å². The molecule has 3 rings (SSSR count). The predicted molar refractivity (Wildman–Crippen MR) is 117 cm³/mol. The first-order valence-corrected chi connectivity index (χ1v) is 10.6. The Balaban J connectivity index is 1.42. The number of benzene rings is 1. The molecule has 154 valence electrons. The van der Waals surface area contributed by atoms with Crippen molar-refractivity contribution >= 4 is 16.9 Å². The van der Waals surface area contributed by atoms with E-state index in [4.69, 9.17) is 9.73 Å². The summed E-state index contributed by atoms with van der Waals surface area (Å²) in [6.07, 6.45) is 4.81. The zero-order chi connectivity index (χ0) is 19.8. The molecule has 0 aliphatic carbocycles. The molecule has 1 aliphatic heterocycles. The molecule has 1 saturated heterocycles. The third-order valence-corrected chi connectivity index (χ3v) is 5.10. The van der Waals surface area contributed by atoms with E-state index in [-0.39, 0.29) is 0 Å². The van der Waals surface area contributed by atoms with Gasteiger partial charge in [0.1, 0.15) is 0 Å². The molecule has 6 nitrogen and oxygen atoms in total. The Hall–Kier alpha value is -2.05. The molecule has 0 amide bonds. The lowest BCUT2D eigenvalue weighted by Gasteiger charge is -2.35. The van der Waals surface area contributed by atoms with Crippen molar-refractivity contribution in [2.24, 2.45) is 4.99 Å². The molecule has 2 heterocycles. The summed E-state index contributed by atoms with van der Waals surface area (Å²) in [6.45, 7) is 12.1. The van der Waals surface area contributed by atoms with Crippen LogP contribution in [0.25, 0.3) is 10.9 Å². The number of fused-ring (bicyclic) bond motifs is 1. The average Bonchev–Trinajstić information content (AvgIpc) is 3.08. The fourth-order valence-electron chi connectivity index (χ4n) is 3.95. The number of nitrogens with zero attached hydrogens (tertiary/aromatic N) is 2. The average molecular weight is 386 g/mol. The van der Waals surface area contributed by atoms with Gasteiger partial charge in [0.15, 0.2) is 5.96 Å². The van der Waals surface area contributed by atoms with Crippen molar-refractivity contribution in [1.82, 2.24) is 20.5 Å². The van der Waals surface area contributed by atoms with Gasteiger partial charge in [0.2, 0.25) is 0 Å². The molecule has 1 aliphatic rings. The van der Waals surface area contributed by atoms with E-state index < -0.39 is 0 Å². The fraction of sp³-hybridized carbons (Fsp3) is 0.591. The lowest BCUT2D eigenvalue weighted by Crippen LogP contribution is -2.45. The maximum atomic E-state index is 5.80. The van der Waals surface area contributed by atoms with Gasteiger partial charge in [-0.1, -0.05) is 18.2 Å². The topological polar surface area (TPSA) is 64.7 Å². The minimum atomic E-state index is 0.329. The van der Waals surface area contributed by atoms with Crippen LogP contribution in [-0.2, 0) is 11.2 Å². The van der Waals surface area contributed by atoms with Crippen molar-refractivity contribution in [3.8, 4) is 0 Å². The molecule has 0 saturated carbocycles. The summed E-state index contributed by atoms with van der Waals surface area (Å²) in [7, 11) is 0. The highest BCUT2D eigenvalue weighted by Crippen LogP contribution is 2.17. The van der Waals surface area contributed by atoms with Crippen LogP contribution in [0.5, 0.6) is 0 Å². The number of guanidine groups is 1. The van der Waals surface area contributed by atoms with E-state index in [1.54, 1.807) is 0 Å². The molecule has 1 aromatic heterocycles. The van der Waals surface area contributed by atoms with Crippen LogP contribution in [0.4, 0.5) is 0 Å². The SMILES string of the molecule is CCNC(=NCCCN1CC(C)OC(C)C1)NCCc1c[nH]c2ccccc12. The van der Waals surface area contributed by atoms with Crippen LogP contribution in [0.2, 0.25) is 0 Å². The minimum absolute atomic E-state index is 0.329. The molecule has 2 aromatic rings. The lowest BCUT2D eigenvalue weighted by molar-refractivity contribution is -0.0679. The van der Waals surface area contributed by atoms with Crippen LogP contribution < -0.4 is 10.6 Å². The highest BCUT2D eigenvalue weighted by molar-refractivity contribution is 5.83. The molecule has 2 unspecified atom stereocenters. The van der Waals surface area contributed by atoms with Crippen LogP contribution in [0.15, 0.2) is 35.5 Å². The number of rotatable bonds is 8. The Kier molecular flexibility index (Phi) is 7.74. The summed E-state index contributed by atoms with van der Waals surface area (Å²) >= 11 is 0. The lowest BCUT2D eigenvalue weighted by atomic mass is 10.1. The van der Waals surface area contributed by atoms with E-state index in [1.165, 1.54) is 16.5 Å². The van der Waals surface area contributed by atoms with Gasteiger partial charge in [-0.3, -0.25) is 9.89 Å². The van der Waals surface area contributed by atoms with Gasteiger partial charge >= 0.3 is 0 Å². The minimum Gasteiger partial charge on any atom is -0.373 e. The third-order valence-electron chi connectivity index (χ3n) is 5.10.